The molecule has 0 saturated carbocycles. The summed E-state index contributed by atoms with van der Waals surface area (Å²) in [5, 5.41) is 0. The molecule has 0 bridgehead atoms. The highest BCUT2D eigenvalue weighted by molar-refractivity contribution is 6.05. The zero-order chi connectivity index (χ0) is 27.9. The zero-order valence-electron chi connectivity index (χ0n) is 22.6. The Morgan fingerprint density at radius 2 is 1.40 bits per heavy atom. The third kappa shape index (κ3) is 5.84. The van der Waals surface area contributed by atoms with Crippen LogP contribution in [0.3, 0.4) is 0 Å². The van der Waals surface area contributed by atoms with Crippen molar-refractivity contribution in [3.05, 3.63) is 132 Å². The molecular weight excluding hydrogens is 500 g/mol. The fourth-order valence-electron chi connectivity index (χ4n) is 5.11. The van der Waals surface area contributed by atoms with Gasteiger partial charge in [-0.1, -0.05) is 104 Å². The van der Waals surface area contributed by atoms with E-state index in [1.807, 2.05) is 42.5 Å². The van der Waals surface area contributed by atoms with E-state index in [9.17, 15) is 9.59 Å². The fourth-order valence-corrected chi connectivity index (χ4v) is 5.11. The maximum absolute atomic E-state index is 13.9. The molecule has 0 radical (unpaired) electrons. The standard InChI is InChI=1S/C33H32N4O3/c1-3-23-40-33(39)28-24(2)34-31(27-17-11-6-12-18-27)35-29(28)32(38)37-21-19-36(20-22-37)30(25-13-7-4-8-14-25)26-15-9-5-10-16-26/h3-18,30H,1,19-23H2,2H3. The van der Waals surface area contributed by atoms with Crippen molar-refractivity contribution in [3.63, 3.8) is 0 Å². The Bertz CT molecular complexity index is 1430. The number of ether oxygens (including phenoxy) is 1. The van der Waals surface area contributed by atoms with Crippen LogP contribution in [0.5, 0.6) is 0 Å². The first-order valence-electron chi connectivity index (χ1n) is 13.4. The van der Waals surface area contributed by atoms with Gasteiger partial charge in [-0.3, -0.25) is 9.69 Å². The number of esters is 1. The zero-order valence-corrected chi connectivity index (χ0v) is 22.6. The lowest BCUT2D eigenvalue weighted by Crippen LogP contribution is -2.50. The Labute approximate surface area is 234 Å². The second-order valence-electron chi connectivity index (χ2n) is 9.66. The molecule has 7 heteroatoms. The first-order chi connectivity index (χ1) is 19.6. The van der Waals surface area contributed by atoms with Gasteiger partial charge in [-0.15, -0.1) is 0 Å². The lowest BCUT2D eigenvalue weighted by molar-refractivity contribution is 0.0521. The molecule has 1 aromatic heterocycles. The number of carbonyl (C=O) groups excluding carboxylic acids is 2. The number of carbonyl (C=O) groups is 2. The molecule has 2 heterocycles. The van der Waals surface area contributed by atoms with Gasteiger partial charge in [0.15, 0.2) is 5.82 Å². The van der Waals surface area contributed by atoms with Crippen LogP contribution < -0.4 is 0 Å². The Kier molecular flexibility index (Phi) is 8.42. The molecule has 1 aliphatic heterocycles. The van der Waals surface area contributed by atoms with Gasteiger partial charge in [0.1, 0.15) is 17.9 Å². The number of hydrogen-bond acceptors (Lipinski definition) is 6. The summed E-state index contributed by atoms with van der Waals surface area (Å²) in [7, 11) is 0. The summed E-state index contributed by atoms with van der Waals surface area (Å²) in [4.78, 5) is 40.3. The van der Waals surface area contributed by atoms with Crippen molar-refractivity contribution in [2.75, 3.05) is 32.8 Å². The molecule has 3 aromatic carbocycles. The van der Waals surface area contributed by atoms with Crippen LogP contribution in [0, 0.1) is 6.92 Å². The highest BCUT2D eigenvalue weighted by Gasteiger charge is 2.32. The molecule has 1 aliphatic rings. The summed E-state index contributed by atoms with van der Waals surface area (Å²) in [5.74, 6) is -0.537. The minimum Gasteiger partial charge on any atom is -0.458 e. The summed E-state index contributed by atoms with van der Waals surface area (Å²) in [5.41, 5.74) is 3.75. The van der Waals surface area contributed by atoms with Crippen molar-refractivity contribution < 1.29 is 14.3 Å². The number of aryl methyl sites for hydroxylation is 1. The Balaban J connectivity index is 1.42. The van der Waals surface area contributed by atoms with Gasteiger partial charge in [-0.2, -0.15) is 0 Å². The van der Waals surface area contributed by atoms with E-state index in [1.165, 1.54) is 17.2 Å². The van der Waals surface area contributed by atoms with Crippen LogP contribution in [0.15, 0.2) is 104 Å². The summed E-state index contributed by atoms with van der Waals surface area (Å²) in [6, 6.07) is 30.4. The predicted molar refractivity (Wildman–Crippen MR) is 155 cm³/mol. The molecular formula is C33H32N4O3. The molecule has 0 N–H and O–H groups in total. The van der Waals surface area contributed by atoms with Crippen molar-refractivity contribution in [3.8, 4) is 11.4 Å². The molecule has 0 atom stereocenters. The maximum Gasteiger partial charge on any atom is 0.342 e. The Morgan fingerprint density at radius 3 is 1.95 bits per heavy atom. The van der Waals surface area contributed by atoms with Crippen LogP contribution in [0.4, 0.5) is 0 Å². The fraction of sp³-hybridized carbons (Fsp3) is 0.212. The quantitative estimate of drug-likeness (QED) is 0.225. The van der Waals surface area contributed by atoms with Crippen LogP contribution in [-0.4, -0.2) is 64.4 Å². The van der Waals surface area contributed by atoms with E-state index < -0.39 is 5.97 Å². The molecule has 1 fully saturated rings. The molecule has 0 aliphatic carbocycles. The number of rotatable bonds is 8. The number of aromatic nitrogens is 2. The van der Waals surface area contributed by atoms with Gasteiger partial charge in [0.05, 0.1) is 11.7 Å². The second-order valence-corrected chi connectivity index (χ2v) is 9.66. The van der Waals surface area contributed by atoms with Crippen molar-refractivity contribution in [1.29, 1.82) is 0 Å². The van der Waals surface area contributed by atoms with Crippen molar-refractivity contribution in [2.24, 2.45) is 0 Å². The molecule has 202 valence electrons. The molecule has 0 unspecified atom stereocenters. The van der Waals surface area contributed by atoms with Crippen LogP contribution >= 0.6 is 0 Å². The molecule has 1 saturated heterocycles. The smallest absolute Gasteiger partial charge is 0.342 e. The normalized spacial score (nSPS) is 13.7. The van der Waals surface area contributed by atoms with Crippen LogP contribution in [0.1, 0.15) is 43.7 Å². The highest BCUT2D eigenvalue weighted by atomic mass is 16.5. The van der Waals surface area contributed by atoms with Crippen molar-refractivity contribution in [1.82, 2.24) is 19.8 Å². The molecule has 4 aromatic rings. The minimum atomic E-state index is -0.632. The monoisotopic (exact) mass is 532 g/mol. The van der Waals surface area contributed by atoms with Crippen LogP contribution in [-0.2, 0) is 4.74 Å². The lowest BCUT2D eigenvalue weighted by atomic mass is 9.96. The number of piperazine rings is 1. The Morgan fingerprint density at radius 1 is 0.850 bits per heavy atom. The van der Waals surface area contributed by atoms with E-state index in [-0.39, 0.29) is 29.8 Å². The van der Waals surface area contributed by atoms with Gasteiger partial charge < -0.3 is 9.64 Å². The number of nitrogens with zero attached hydrogens (tertiary/aromatic N) is 4. The Hall–Kier alpha value is -4.62. The average molecular weight is 533 g/mol. The summed E-state index contributed by atoms with van der Waals surface area (Å²) in [6.45, 7) is 7.69. The molecule has 1 amide bonds. The van der Waals surface area contributed by atoms with Gasteiger partial charge in [0, 0.05) is 31.7 Å². The second kappa shape index (κ2) is 12.5. The van der Waals surface area contributed by atoms with Crippen molar-refractivity contribution >= 4 is 11.9 Å². The van der Waals surface area contributed by atoms with Crippen LogP contribution in [0.2, 0.25) is 0 Å². The van der Waals surface area contributed by atoms with Gasteiger partial charge in [0.25, 0.3) is 5.91 Å². The topological polar surface area (TPSA) is 75.6 Å². The largest absolute Gasteiger partial charge is 0.458 e. The summed E-state index contributed by atoms with van der Waals surface area (Å²) in [6.07, 6.45) is 1.49. The summed E-state index contributed by atoms with van der Waals surface area (Å²) >= 11 is 0. The van der Waals surface area contributed by atoms with E-state index in [4.69, 9.17) is 4.74 Å². The van der Waals surface area contributed by atoms with E-state index in [0.29, 0.717) is 37.7 Å². The SMILES string of the molecule is C=CCOC(=O)c1c(C)nc(-c2ccccc2)nc1C(=O)N1CCN(C(c2ccccc2)c2ccccc2)CC1. The average Bonchev–Trinajstić information content (AvgIpc) is 3.01. The number of amides is 1. The van der Waals surface area contributed by atoms with Gasteiger partial charge in [0.2, 0.25) is 0 Å². The van der Waals surface area contributed by atoms with Crippen molar-refractivity contribution in [2.45, 2.75) is 13.0 Å². The first kappa shape index (κ1) is 27.0. The molecule has 40 heavy (non-hydrogen) atoms. The summed E-state index contributed by atoms with van der Waals surface area (Å²) < 4.78 is 5.31. The maximum atomic E-state index is 13.9. The third-order valence-corrected chi connectivity index (χ3v) is 7.06. The predicted octanol–water partition coefficient (Wildman–Crippen LogP) is 5.34. The van der Waals surface area contributed by atoms with E-state index in [0.717, 1.165) is 5.56 Å². The molecule has 7 nitrogen and oxygen atoms in total. The van der Waals surface area contributed by atoms with Gasteiger partial charge >= 0.3 is 5.97 Å². The third-order valence-electron chi connectivity index (χ3n) is 7.06. The van der Waals surface area contributed by atoms with Crippen LogP contribution in [0.25, 0.3) is 11.4 Å². The molecule has 5 rings (SSSR count). The molecule has 0 spiro atoms. The van der Waals surface area contributed by atoms with E-state index >= 15 is 0 Å². The van der Waals surface area contributed by atoms with Gasteiger partial charge in [-0.05, 0) is 18.1 Å². The van der Waals surface area contributed by atoms with Gasteiger partial charge in [-0.25, -0.2) is 14.8 Å². The lowest BCUT2D eigenvalue weighted by Gasteiger charge is -2.39. The first-order valence-corrected chi connectivity index (χ1v) is 13.4. The number of hydrogen-bond donors (Lipinski definition) is 0. The highest BCUT2D eigenvalue weighted by Crippen LogP contribution is 2.30. The van der Waals surface area contributed by atoms with E-state index in [1.54, 1.807) is 11.8 Å². The number of benzene rings is 3. The minimum absolute atomic E-state index is 0.0331. The van der Waals surface area contributed by atoms with E-state index in [2.05, 4.69) is 70.0 Å².